The van der Waals surface area contributed by atoms with Gasteiger partial charge in [0.1, 0.15) is 23.4 Å². The predicted molar refractivity (Wildman–Crippen MR) is 154 cm³/mol. The van der Waals surface area contributed by atoms with Gasteiger partial charge in [0.25, 0.3) is 5.78 Å². The number of amides is 1. The molecule has 2 N–H and O–H groups in total. The molecule has 1 saturated heterocycles. The average Bonchev–Trinajstić information content (AvgIpc) is 3.61. The Morgan fingerprint density at radius 1 is 1.12 bits per heavy atom. The first kappa shape index (κ1) is 26.1. The normalized spacial score (nSPS) is 19.6. The summed E-state index contributed by atoms with van der Waals surface area (Å²) in [4.78, 5) is 33.2. The van der Waals surface area contributed by atoms with Crippen LogP contribution in [0.3, 0.4) is 0 Å². The molecule has 2 aliphatic heterocycles. The van der Waals surface area contributed by atoms with Crippen molar-refractivity contribution in [1.29, 1.82) is 0 Å². The van der Waals surface area contributed by atoms with Gasteiger partial charge in [-0.3, -0.25) is 14.5 Å². The molecule has 11 heteroatoms. The Balaban J connectivity index is 1.57. The first-order chi connectivity index (χ1) is 19.2. The van der Waals surface area contributed by atoms with Gasteiger partial charge in [-0.1, -0.05) is 11.3 Å². The van der Waals surface area contributed by atoms with Crippen molar-refractivity contribution in [2.45, 2.75) is 25.5 Å². The van der Waals surface area contributed by atoms with Gasteiger partial charge in [-0.2, -0.15) is 0 Å². The first-order valence-electron chi connectivity index (χ1n) is 12.3. The number of phenols is 1. The summed E-state index contributed by atoms with van der Waals surface area (Å²) in [6.07, 6.45) is 0.656. The topological polar surface area (TPSA) is 118 Å². The maximum Gasteiger partial charge on any atom is 0.301 e. The van der Waals surface area contributed by atoms with Crippen LogP contribution < -0.4 is 19.1 Å². The Bertz CT molecular complexity index is 1750. The molecule has 204 valence electrons. The average molecular weight is 623 g/mol. The lowest BCUT2D eigenvalue weighted by atomic mass is 9.94. The summed E-state index contributed by atoms with van der Waals surface area (Å²) < 4.78 is 17.5. The number of rotatable bonds is 5. The maximum atomic E-state index is 13.6. The molecular weight excluding hydrogens is 600 g/mol. The Hall–Kier alpha value is -4.09. The highest BCUT2D eigenvalue weighted by Gasteiger charge is 2.48. The van der Waals surface area contributed by atoms with Gasteiger partial charge >= 0.3 is 5.91 Å². The van der Waals surface area contributed by atoms with E-state index in [0.29, 0.717) is 33.3 Å². The molecule has 0 aliphatic carbocycles. The quantitative estimate of drug-likeness (QED) is 0.164. The number of aliphatic hydroxyl groups excluding tert-OH is 1. The number of nitrogens with zero attached hydrogens (tertiary/aromatic N) is 2. The smallest absolute Gasteiger partial charge is 0.301 e. The third-order valence-corrected chi connectivity index (χ3v) is 8.61. The summed E-state index contributed by atoms with van der Waals surface area (Å²) in [5.74, 6) is -0.664. The minimum Gasteiger partial charge on any atom is -0.507 e. The Morgan fingerprint density at radius 2 is 1.93 bits per heavy atom. The van der Waals surface area contributed by atoms with Crippen LogP contribution >= 0.6 is 27.3 Å². The number of thiazole rings is 1. The van der Waals surface area contributed by atoms with Crippen LogP contribution in [0.15, 0.2) is 58.6 Å². The molecule has 3 aromatic carbocycles. The lowest BCUT2D eigenvalue weighted by molar-refractivity contribution is -0.132. The predicted octanol–water partition coefficient (Wildman–Crippen LogP) is 5.73. The van der Waals surface area contributed by atoms with E-state index in [9.17, 15) is 19.8 Å². The number of Topliss-reactive ketones (excluding diaryl/α,β-unsaturated/α-hetero) is 1. The largest absolute Gasteiger partial charge is 0.507 e. The van der Waals surface area contributed by atoms with Gasteiger partial charge < -0.3 is 24.4 Å². The van der Waals surface area contributed by atoms with Crippen LogP contribution in [0.1, 0.15) is 29.7 Å². The molecule has 0 radical (unpaired) electrons. The zero-order valence-electron chi connectivity index (χ0n) is 21.6. The third kappa shape index (κ3) is 4.16. The van der Waals surface area contributed by atoms with Crippen molar-refractivity contribution < 1.29 is 34.0 Å². The van der Waals surface area contributed by atoms with Crippen molar-refractivity contribution in [3.05, 3.63) is 75.3 Å². The summed E-state index contributed by atoms with van der Waals surface area (Å²) in [6, 6.07) is 12.6. The van der Waals surface area contributed by atoms with Gasteiger partial charge in [-0.05, 0) is 82.5 Å². The number of aromatic hydroxyl groups is 1. The van der Waals surface area contributed by atoms with Crippen molar-refractivity contribution in [3.8, 4) is 23.0 Å². The van der Waals surface area contributed by atoms with E-state index in [1.54, 1.807) is 49.6 Å². The number of fused-ring (bicyclic) bond motifs is 2. The number of aliphatic hydroxyl groups is 1. The van der Waals surface area contributed by atoms with E-state index < -0.39 is 17.7 Å². The van der Waals surface area contributed by atoms with Crippen LogP contribution in [0.25, 0.3) is 16.0 Å². The molecule has 3 heterocycles. The highest BCUT2D eigenvalue weighted by Crippen LogP contribution is 2.47. The molecule has 4 aromatic rings. The van der Waals surface area contributed by atoms with Crippen LogP contribution in [-0.2, 0) is 16.0 Å². The van der Waals surface area contributed by atoms with Gasteiger partial charge in [-0.25, -0.2) is 4.98 Å². The number of benzene rings is 3. The number of methoxy groups -OCH3 is 2. The molecule has 0 spiro atoms. The third-order valence-electron chi connectivity index (χ3n) is 6.99. The molecule has 0 bridgehead atoms. The molecule has 0 saturated carbocycles. The molecular formula is C29H23BrN2O7S. The van der Waals surface area contributed by atoms with Gasteiger partial charge in [0, 0.05) is 12.0 Å². The highest BCUT2D eigenvalue weighted by atomic mass is 79.9. The van der Waals surface area contributed by atoms with Crippen LogP contribution in [0.5, 0.6) is 23.0 Å². The summed E-state index contributed by atoms with van der Waals surface area (Å²) in [7, 11) is 2.96. The van der Waals surface area contributed by atoms with E-state index in [1.807, 2.05) is 6.92 Å². The summed E-state index contributed by atoms with van der Waals surface area (Å²) >= 11 is 4.56. The second-order valence-corrected chi connectivity index (χ2v) is 11.4. The molecule has 1 fully saturated rings. The van der Waals surface area contributed by atoms with E-state index in [0.717, 1.165) is 16.0 Å². The summed E-state index contributed by atoms with van der Waals surface area (Å²) in [5.41, 5.74) is 2.24. The second-order valence-electron chi connectivity index (χ2n) is 9.51. The number of carbonyl (C=O) groups excluding carboxylic acids is 2. The minimum atomic E-state index is -1.06. The monoisotopic (exact) mass is 622 g/mol. The van der Waals surface area contributed by atoms with E-state index in [-0.39, 0.29) is 34.1 Å². The molecule has 0 unspecified atom stereocenters. The number of ketones is 1. The Labute approximate surface area is 241 Å². The number of hydrogen-bond donors (Lipinski definition) is 2. The fourth-order valence-corrected chi connectivity index (χ4v) is 6.58. The SMILES string of the molecule is COc1ccc2nc(N3C(=O)C(=O)C(=C(O)c4ccc5c(c4)C[C@@H](C)O5)[C@H]3c3cc(Br)c(O)c(OC)c3)sc2c1. The Kier molecular flexibility index (Phi) is 6.42. The molecule has 40 heavy (non-hydrogen) atoms. The van der Waals surface area contributed by atoms with Crippen LogP contribution in [0.2, 0.25) is 0 Å². The molecule has 9 nitrogen and oxygen atoms in total. The first-order valence-corrected chi connectivity index (χ1v) is 13.9. The van der Waals surface area contributed by atoms with Crippen molar-refractivity contribution in [2.24, 2.45) is 0 Å². The van der Waals surface area contributed by atoms with Crippen LogP contribution in [0.4, 0.5) is 5.13 Å². The van der Waals surface area contributed by atoms with Crippen LogP contribution in [0, 0.1) is 0 Å². The standard InChI is InChI=1S/C29H23BrN2O7S/c1-13-8-15-9-14(4-7-20(15)39-13)25(33)23-24(16-10-18(30)26(34)21(11-16)38-3)32(28(36)27(23)35)29-31-19-6-5-17(37-2)12-22(19)40-29/h4-7,9-13,24,33-34H,8H2,1-3H3/t13-,24-/m1/s1. The summed E-state index contributed by atoms with van der Waals surface area (Å²) in [5, 5.41) is 22.3. The van der Waals surface area contributed by atoms with Crippen molar-refractivity contribution >= 4 is 60.1 Å². The van der Waals surface area contributed by atoms with E-state index in [1.165, 1.54) is 29.4 Å². The van der Waals surface area contributed by atoms with E-state index >= 15 is 0 Å². The fraction of sp³-hybridized carbons (Fsp3) is 0.207. The molecule has 1 amide bonds. The maximum absolute atomic E-state index is 13.6. The Morgan fingerprint density at radius 3 is 2.67 bits per heavy atom. The van der Waals surface area contributed by atoms with Gasteiger partial charge in [0.05, 0.1) is 40.5 Å². The van der Waals surface area contributed by atoms with Crippen molar-refractivity contribution in [3.63, 3.8) is 0 Å². The lowest BCUT2D eigenvalue weighted by Gasteiger charge is -2.24. The van der Waals surface area contributed by atoms with E-state index in [4.69, 9.17) is 14.2 Å². The number of anilines is 1. The number of phenolic OH excluding ortho intramolecular Hbond substituents is 1. The number of halogens is 1. The summed E-state index contributed by atoms with van der Waals surface area (Å²) in [6.45, 7) is 1.95. The highest BCUT2D eigenvalue weighted by molar-refractivity contribution is 9.10. The number of ether oxygens (including phenoxy) is 3. The van der Waals surface area contributed by atoms with Gasteiger partial charge in [-0.15, -0.1) is 0 Å². The minimum absolute atomic E-state index is 0.00236. The van der Waals surface area contributed by atoms with Gasteiger partial charge in [0.15, 0.2) is 16.6 Å². The number of carbonyl (C=O) groups is 2. The molecule has 1 aromatic heterocycles. The lowest BCUT2D eigenvalue weighted by Crippen LogP contribution is -2.29. The number of aromatic nitrogens is 1. The van der Waals surface area contributed by atoms with Crippen molar-refractivity contribution in [2.75, 3.05) is 19.1 Å². The van der Waals surface area contributed by atoms with E-state index in [2.05, 4.69) is 20.9 Å². The number of hydrogen-bond acceptors (Lipinski definition) is 9. The molecule has 6 rings (SSSR count). The van der Waals surface area contributed by atoms with Gasteiger partial charge in [0.2, 0.25) is 0 Å². The fourth-order valence-electron chi connectivity index (χ4n) is 5.10. The zero-order valence-corrected chi connectivity index (χ0v) is 24.0. The zero-order chi connectivity index (χ0) is 28.3. The van der Waals surface area contributed by atoms with Crippen molar-refractivity contribution in [1.82, 2.24) is 4.98 Å². The molecule has 2 atom stereocenters. The second kappa shape index (κ2) is 9.83. The van der Waals surface area contributed by atoms with Crippen LogP contribution in [-0.4, -0.2) is 47.2 Å². The molecule has 2 aliphatic rings.